The second kappa shape index (κ2) is 8.78. The second-order valence-corrected chi connectivity index (χ2v) is 6.94. The number of halogens is 1. The molecule has 0 aliphatic carbocycles. The largest absolute Gasteiger partial charge is 0.467 e. The fourth-order valence-electron chi connectivity index (χ4n) is 2.42. The number of amides is 2. The predicted octanol–water partition coefficient (Wildman–Crippen LogP) is 3.61. The molecule has 3 rings (SSSR count). The third-order valence-corrected chi connectivity index (χ3v) is 5.03. The molecule has 2 aromatic carbocycles. The van der Waals surface area contributed by atoms with Crippen molar-refractivity contribution in [2.45, 2.75) is 11.4 Å². The number of rotatable bonds is 7. The average Bonchev–Trinajstić information content (AvgIpc) is 3.16. The minimum Gasteiger partial charge on any atom is -0.467 e. The Labute approximate surface area is 160 Å². The lowest BCUT2D eigenvalue weighted by molar-refractivity contribution is -0.124. The average molecular weight is 389 g/mol. The van der Waals surface area contributed by atoms with Gasteiger partial charge >= 0.3 is 0 Å². The first-order valence-electron chi connectivity index (χ1n) is 7.99. The fourth-order valence-corrected chi connectivity index (χ4v) is 3.69. The summed E-state index contributed by atoms with van der Waals surface area (Å²) < 4.78 is 5.13. The molecule has 0 saturated carbocycles. The molecule has 0 bridgehead atoms. The van der Waals surface area contributed by atoms with Crippen LogP contribution in [-0.2, 0) is 16.1 Å². The van der Waals surface area contributed by atoms with Gasteiger partial charge in [-0.15, -0.1) is 11.8 Å². The van der Waals surface area contributed by atoms with E-state index in [-0.39, 0.29) is 24.1 Å². The lowest BCUT2D eigenvalue weighted by Gasteiger charge is -2.09. The van der Waals surface area contributed by atoms with E-state index in [4.69, 9.17) is 16.0 Å². The monoisotopic (exact) mass is 388 g/mol. The Hall–Kier alpha value is -2.44. The van der Waals surface area contributed by atoms with E-state index in [0.717, 1.165) is 15.7 Å². The molecule has 2 N–H and O–H groups in total. The number of nitrogens with one attached hydrogen (secondary N) is 2. The molecule has 2 amide bonds. The van der Waals surface area contributed by atoms with Gasteiger partial charge in [0, 0.05) is 15.3 Å². The lowest BCUT2D eigenvalue weighted by atomic mass is 10.1. The van der Waals surface area contributed by atoms with Crippen LogP contribution in [0.5, 0.6) is 0 Å². The van der Waals surface area contributed by atoms with Crippen molar-refractivity contribution < 1.29 is 14.0 Å². The van der Waals surface area contributed by atoms with Gasteiger partial charge in [0.1, 0.15) is 5.76 Å². The van der Waals surface area contributed by atoms with Crippen LogP contribution in [0.2, 0.25) is 5.02 Å². The summed E-state index contributed by atoms with van der Waals surface area (Å²) >= 11 is 7.67. The van der Waals surface area contributed by atoms with E-state index >= 15 is 0 Å². The topological polar surface area (TPSA) is 71.3 Å². The van der Waals surface area contributed by atoms with Gasteiger partial charge in [-0.05, 0) is 29.7 Å². The molecule has 3 aromatic rings. The van der Waals surface area contributed by atoms with Gasteiger partial charge in [-0.25, -0.2) is 0 Å². The maximum absolute atomic E-state index is 12.0. The summed E-state index contributed by atoms with van der Waals surface area (Å²) in [5.74, 6) is 0.378. The fraction of sp³-hybridized carbons (Fsp3) is 0.158. The Morgan fingerprint density at radius 2 is 1.81 bits per heavy atom. The molecule has 0 aliphatic heterocycles. The Balaban J connectivity index is 1.48. The second-order valence-electron chi connectivity index (χ2n) is 5.52. The molecule has 134 valence electrons. The number of fused-ring (bicyclic) bond motifs is 1. The zero-order chi connectivity index (χ0) is 18.4. The maximum atomic E-state index is 12.0. The Morgan fingerprint density at radius 3 is 2.58 bits per heavy atom. The summed E-state index contributed by atoms with van der Waals surface area (Å²) in [4.78, 5) is 24.7. The summed E-state index contributed by atoms with van der Waals surface area (Å²) in [6.07, 6.45) is 1.54. The minimum absolute atomic E-state index is 0.0730. The standard InChI is InChI=1S/C19H17ClN2O3S/c20-15-7-1-4-13-5-2-8-16(19(13)15)26-12-18(24)22-11-17(23)21-10-14-6-3-9-25-14/h1-9H,10-12H2,(H,21,23)(H,22,24). The lowest BCUT2D eigenvalue weighted by Crippen LogP contribution is -2.37. The Bertz CT molecular complexity index is 907. The molecule has 1 heterocycles. The van der Waals surface area contributed by atoms with Gasteiger partial charge in [0.15, 0.2) is 0 Å². The van der Waals surface area contributed by atoms with Crippen molar-refractivity contribution in [2.24, 2.45) is 0 Å². The molecule has 5 nitrogen and oxygen atoms in total. The van der Waals surface area contributed by atoms with Crippen molar-refractivity contribution in [1.29, 1.82) is 0 Å². The normalized spacial score (nSPS) is 10.7. The SMILES string of the molecule is O=C(CNC(=O)CSc1cccc2cccc(Cl)c12)NCc1ccco1. The molecule has 0 radical (unpaired) electrons. The van der Waals surface area contributed by atoms with Gasteiger partial charge < -0.3 is 15.1 Å². The number of carbonyl (C=O) groups excluding carboxylic acids is 2. The van der Waals surface area contributed by atoms with Crippen LogP contribution in [0.4, 0.5) is 0 Å². The van der Waals surface area contributed by atoms with E-state index in [9.17, 15) is 9.59 Å². The molecule has 0 fully saturated rings. The van der Waals surface area contributed by atoms with Crippen molar-refractivity contribution >= 4 is 45.9 Å². The van der Waals surface area contributed by atoms with E-state index in [0.29, 0.717) is 17.3 Å². The van der Waals surface area contributed by atoms with Crippen LogP contribution in [0.3, 0.4) is 0 Å². The third kappa shape index (κ3) is 4.80. The zero-order valence-electron chi connectivity index (χ0n) is 13.8. The van der Waals surface area contributed by atoms with Crippen molar-refractivity contribution in [3.63, 3.8) is 0 Å². The van der Waals surface area contributed by atoms with E-state index in [2.05, 4.69) is 10.6 Å². The molecule has 0 unspecified atom stereocenters. The molecule has 0 saturated heterocycles. The summed E-state index contributed by atoms with van der Waals surface area (Å²) in [5.41, 5.74) is 0. The van der Waals surface area contributed by atoms with Gasteiger partial charge in [-0.1, -0.05) is 35.9 Å². The summed E-state index contributed by atoms with van der Waals surface area (Å²) in [6.45, 7) is 0.224. The van der Waals surface area contributed by atoms with Crippen LogP contribution in [0.25, 0.3) is 10.8 Å². The summed E-state index contributed by atoms with van der Waals surface area (Å²) in [7, 11) is 0. The Morgan fingerprint density at radius 1 is 1.00 bits per heavy atom. The zero-order valence-corrected chi connectivity index (χ0v) is 15.4. The number of carbonyl (C=O) groups is 2. The van der Waals surface area contributed by atoms with Gasteiger partial charge in [0.2, 0.25) is 11.8 Å². The molecule has 0 atom stereocenters. The predicted molar refractivity (Wildman–Crippen MR) is 103 cm³/mol. The van der Waals surface area contributed by atoms with E-state index < -0.39 is 0 Å². The Kier molecular flexibility index (Phi) is 6.20. The number of furan rings is 1. The number of benzene rings is 2. The summed E-state index contributed by atoms with van der Waals surface area (Å²) in [6, 6.07) is 15.1. The number of hydrogen-bond donors (Lipinski definition) is 2. The van der Waals surface area contributed by atoms with Crippen LogP contribution in [0.15, 0.2) is 64.1 Å². The molecule has 7 heteroatoms. The molecule has 26 heavy (non-hydrogen) atoms. The van der Waals surface area contributed by atoms with Crippen molar-refractivity contribution in [2.75, 3.05) is 12.3 Å². The molecular weight excluding hydrogens is 372 g/mol. The highest BCUT2D eigenvalue weighted by Crippen LogP contribution is 2.32. The third-order valence-electron chi connectivity index (χ3n) is 3.66. The maximum Gasteiger partial charge on any atom is 0.239 e. The molecule has 0 spiro atoms. The first-order chi connectivity index (χ1) is 12.6. The molecule has 0 aliphatic rings. The highest BCUT2D eigenvalue weighted by Gasteiger charge is 2.10. The van der Waals surface area contributed by atoms with Crippen LogP contribution in [-0.4, -0.2) is 24.1 Å². The quantitative estimate of drug-likeness (QED) is 0.606. The van der Waals surface area contributed by atoms with Crippen LogP contribution in [0.1, 0.15) is 5.76 Å². The van der Waals surface area contributed by atoms with E-state index in [1.807, 2.05) is 36.4 Å². The number of thioether (sulfide) groups is 1. The van der Waals surface area contributed by atoms with Gasteiger partial charge in [-0.2, -0.15) is 0 Å². The van der Waals surface area contributed by atoms with Gasteiger partial charge in [0.25, 0.3) is 0 Å². The molecule has 1 aromatic heterocycles. The van der Waals surface area contributed by atoms with Crippen molar-refractivity contribution in [3.05, 3.63) is 65.6 Å². The molecular formula is C19H17ClN2O3S. The van der Waals surface area contributed by atoms with Crippen molar-refractivity contribution in [3.8, 4) is 0 Å². The first-order valence-corrected chi connectivity index (χ1v) is 9.35. The first kappa shape index (κ1) is 18.4. The minimum atomic E-state index is -0.270. The van der Waals surface area contributed by atoms with E-state index in [1.165, 1.54) is 11.8 Å². The smallest absolute Gasteiger partial charge is 0.239 e. The highest BCUT2D eigenvalue weighted by molar-refractivity contribution is 8.00. The highest BCUT2D eigenvalue weighted by atomic mass is 35.5. The number of hydrogen-bond acceptors (Lipinski definition) is 4. The summed E-state index contributed by atoms with van der Waals surface area (Å²) in [5, 5.41) is 7.90. The van der Waals surface area contributed by atoms with Crippen LogP contribution in [0, 0.1) is 0 Å². The van der Waals surface area contributed by atoms with E-state index in [1.54, 1.807) is 18.4 Å². The van der Waals surface area contributed by atoms with Gasteiger partial charge in [0.05, 0.1) is 25.1 Å². The van der Waals surface area contributed by atoms with Crippen LogP contribution >= 0.6 is 23.4 Å². The van der Waals surface area contributed by atoms with Gasteiger partial charge in [-0.3, -0.25) is 9.59 Å². The van der Waals surface area contributed by atoms with Crippen molar-refractivity contribution in [1.82, 2.24) is 10.6 Å². The van der Waals surface area contributed by atoms with Crippen LogP contribution < -0.4 is 10.6 Å².